The number of nitrogens with two attached hydrogens (primary N) is 1. The van der Waals surface area contributed by atoms with Crippen molar-refractivity contribution in [1.29, 1.82) is 5.26 Å². The highest BCUT2D eigenvalue weighted by molar-refractivity contribution is 6.35. The fourth-order valence-corrected chi connectivity index (χ4v) is 4.30. The van der Waals surface area contributed by atoms with Crippen molar-refractivity contribution < 1.29 is 0 Å². The van der Waals surface area contributed by atoms with Gasteiger partial charge in [-0.2, -0.15) is 10.2 Å². The summed E-state index contributed by atoms with van der Waals surface area (Å²) in [6.45, 7) is 5.22. The Hall–Kier alpha value is -3.22. The van der Waals surface area contributed by atoms with E-state index in [1.165, 1.54) is 0 Å². The SMILES string of the molecule is Cc1nc(N)nc(NC(C)c2nc3cccc(Cl)c3c(=O)n2C2CCNCC2)c1C#N. The minimum Gasteiger partial charge on any atom is -0.368 e. The quantitative estimate of drug-likeness (QED) is 0.565. The van der Waals surface area contributed by atoms with E-state index < -0.39 is 6.04 Å². The molecule has 3 heterocycles. The van der Waals surface area contributed by atoms with Crippen LogP contribution in [0.4, 0.5) is 11.8 Å². The smallest absolute Gasteiger partial charge is 0.263 e. The number of anilines is 2. The van der Waals surface area contributed by atoms with E-state index in [0.29, 0.717) is 38.8 Å². The van der Waals surface area contributed by atoms with Gasteiger partial charge in [0.25, 0.3) is 5.56 Å². The van der Waals surface area contributed by atoms with Gasteiger partial charge in [0.1, 0.15) is 23.3 Å². The van der Waals surface area contributed by atoms with Gasteiger partial charge in [-0.3, -0.25) is 9.36 Å². The first-order valence-electron chi connectivity index (χ1n) is 10.1. The summed E-state index contributed by atoms with van der Waals surface area (Å²) in [5, 5.41) is 16.9. The van der Waals surface area contributed by atoms with Crippen LogP contribution in [0.2, 0.25) is 5.02 Å². The van der Waals surface area contributed by atoms with E-state index in [2.05, 4.69) is 26.7 Å². The van der Waals surface area contributed by atoms with Gasteiger partial charge in [-0.1, -0.05) is 17.7 Å². The largest absolute Gasteiger partial charge is 0.368 e. The highest BCUT2D eigenvalue weighted by Crippen LogP contribution is 2.28. The molecule has 0 spiro atoms. The van der Waals surface area contributed by atoms with Crippen LogP contribution >= 0.6 is 11.6 Å². The number of aryl methyl sites for hydroxylation is 1. The van der Waals surface area contributed by atoms with Gasteiger partial charge in [-0.15, -0.1) is 0 Å². The van der Waals surface area contributed by atoms with Crippen LogP contribution in [0.5, 0.6) is 0 Å². The van der Waals surface area contributed by atoms with Crippen molar-refractivity contribution in [3.8, 4) is 6.07 Å². The van der Waals surface area contributed by atoms with E-state index >= 15 is 0 Å². The number of piperidine rings is 1. The Kier molecular flexibility index (Phi) is 5.76. The normalized spacial score (nSPS) is 15.5. The van der Waals surface area contributed by atoms with Gasteiger partial charge in [0.05, 0.1) is 27.7 Å². The van der Waals surface area contributed by atoms with Crippen molar-refractivity contribution >= 4 is 34.3 Å². The summed E-state index contributed by atoms with van der Waals surface area (Å²) in [4.78, 5) is 26.6. The highest BCUT2D eigenvalue weighted by Gasteiger charge is 2.26. The molecule has 1 saturated heterocycles. The van der Waals surface area contributed by atoms with E-state index in [4.69, 9.17) is 22.3 Å². The lowest BCUT2D eigenvalue weighted by Crippen LogP contribution is -2.37. The Morgan fingerprint density at radius 3 is 2.77 bits per heavy atom. The summed E-state index contributed by atoms with van der Waals surface area (Å²) in [6, 6.07) is 6.94. The van der Waals surface area contributed by atoms with E-state index in [0.717, 1.165) is 25.9 Å². The molecule has 0 saturated carbocycles. The maximum atomic E-state index is 13.5. The molecule has 0 radical (unpaired) electrons. The molecular weight excluding hydrogens is 416 g/mol. The average molecular weight is 439 g/mol. The minimum atomic E-state index is -0.424. The fourth-order valence-electron chi connectivity index (χ4n) is 4.05. The molecule has 0 bridgehead atoms. The lowest BCUT2D eigenvalue weighted by Gasteiger charge is -2.29. The summed E-state index contributed by atoms with van der Waals surface area (Å²) in [7, 11) is 0. The van der Waals surface area contributed by atoms with E-state index in [-0.39, 0.29) is 17.5 Å². The monoisotopic (exact) mass is 438 g/mol. The first-order chi connectivity index (χ1) is 14.9. The number of hydrogen-bond acceptors (Lipinski definition) is 8. The third kappa shape index (κ3) is 3.92. The standard InChI is InChI=1S/C21H23ClN8O/c1-11-14(10-23)18(29-21(24)27-11)26-12(2)19-28-16-5-3-4-15(22)17(16)20(31)30(19)13-6-8-25-9-7-13/h3-5,12-13,25H,6-9H2,1-2H3,(H3,24,26,27,29). The highest BCUT2D eigenvalue weighted by atomic mass is 35.5. The number of hydrogen-bond donors (Lipinski definition) is 3. The number of nitrogens with zero attached hydrogens (tertiary/aromatic N) is 5. The summed E-state index contributed by atoms with van der Waals surface area (Å²) < 4.78 is 1.75. The maximum Gasteiger partial charge on any atom is 0.263 e. The third-order valence-electron chi connectivity index (χ3n) is 5.54. The van der Waals surface area contributed by atoms with Crippen molar-refractivity contribution in [2.75, 3.05) is 24.1 Å². The van der Waals surface area contributed by atoms with Crippen LogP contribution in [0, 0.1) is 18.3 Å². The molecule has 1 fully saturated rings. The van der Waals surface area contributed by atoms with E-state index in [1.54, 1.807) is 29.7 Å². The van der Waals surface area contributed by atoms with Crippen LogP contribution in [0.15, 0.2) is 23.0 Å². The van der Waals surface area contributed by atoms with Crippen molar-refractivity contribution in [1.82, 2.24) is 24.8 Å². The van der Waals surface area contributed by atoms with E-state index in [9.17, 15) is 10.1 Å². The molecule has 31 heavy (non-hydrogen) atoms. The topological polar surface area (TPSA) is 135 Å². The molecule has 0 aliphatic carbocycles. The van der Waals surface area contributed by atoms with Crippen LogP contribution in [0.1, 0.15) is 48.9 Å². The summed E-state index contributed by atoms with van der Waals surface area (Å²) in [5.41, 5.74) is 6.96. The van der Waals surface area contributed by atoms with Crippen LogP contribution in [0.3, 0.4) is 0 Å². The first-order valence-corrected chi connectivity index (χ1v) is 10.5. The molecule has 1 atom stereocenters. The molecule has 1 aromatic carbocycles. The predicted octanol–water partition coefficient (Wildman–Crippen LogP) is 2.70. The second-order valence-electron chi connectivity index (χ2n) is 7.63. The molecule has 0 amide bonds. The Morgan fingerprint density at radius 2 is 2.06 bits per heavy atom. The Morgan fingerprint density at radius 1 is 1.32 bits per heavy atom. The Balaban J connectivity index is 1.87. The lowest BCUT2D eigenvalue weighted by atomic mass is 10.0. The summed E-state index contributed by atoms with van der Waals surface area (Å²) in [6.07, 6.45) is 1.61. The summed E-state index contributed by atoms with van der Waals surface area (Å²) >= 11 is 6.36. The van der Waals surface area contributed by atoms with Gasteiger partial charge < -0.3 is 16.4 Å². The zero-order valence-electron chi connectivity index (χ0n) is 17.3. The zero-order chi connectivity index (χ0) is 22.1. The second-order valence-corrected chi connectivity index (χ2v) is 8.04. The van der Waals surface area contributed by atoms with Crippen LogP contribution in [-0.4, -0.2) is 32.6 Å². The van der Waals surface area contributed by atoms with Gasteiger partial charge in [0.2, 0.25) is 5.95 Å². The van der Waals surface area contributed by atoms with Gasteiger partial charge >= 0.3 is 0 Å². The number of nitrogen functional groups attached to an aromatic ring is 1. The molecule has 4 rings (SSSR count). The van der Waals surface area contributed by atoms with Gasteiger partial charge in [-0.05, 0) is 51.9 Å². The molecule has 2 aromatic heterocycles. The van der Waals surface area contributed by atoms with Crippen LogP contribution in [0.25, 0.3) is 10.9 Å². The first kappa shape index (κ1) is 21.0. The van der Waals surface area contributed by atoms with Gasteiger partial charge in [0.15, 0.2) is 0 Å². The molecule has 3 aromatic rings. The Bertz CT molecular complexity index is 1240. The fraction of sp³-hybridized carbons (Fsp3) is 0.381. The maximum absolute atomic E-state index is 13.5. The van der Waals surface area contributed by atoms with Gasteiger partial charge in [-0.25, -0.2) is 9.97 Å². The molecule has 1 aliphatic rings. The number of fused-ring (bicyclic) bond motifs is 1. The van der Waals surface area contributed by atoms with Crippen molar-refractivity contribution in [3.63, 3.8) is 0 Å². The Labute approximate surface area is 184 Å². The molecule has 9 nitrogen and oxygen atoms in total. The van der Waals surface area contributed by atoms with E-state index in [1.807, 2.05) is 6.92 Å². The number of nitrogens with one attached hydrogen (secondary N) is 2. The number of aromatic nitrogens is 4. The number of rotatable bonds is 4. The number of benzene rings is 1. The molecule has 1 aliphatic heterocycles. The van der Waals surface area contributed by atoms with Crippen molar-refractivity contribution in [2.45, 2.75) is 38.8 Å². The summed E-state index contributed by atoms with van der Waals surface area (Å²) in [5.74, 6) is 0.947. The predicted molar refractivity (Wildman–Crippen MR) is 120 cm³/mol. The van der Waals surface area contributed by atoms with Crippen LogP contribution < -0.4 is 21.9 Å². The van der Waals surface area contributed by atoms with Gasteiger partial charge in [0, 0.05) is 6.04 Å². The van der Waals surface area contributed by atoms with Crippen molar-refractivity contribution in [3.05, 3.63) is 50.7 Å². The second kappa shape index (κ2) is 8.49. The zero-order valence-corrected chi connectivity index (χ0v) is 18.1. The van der Waals surface area contributed by atoms with Crippen LogP contribution in [-0.2, 0) is 0 Å². The third-order valence-corrected chi connectivity index (χ3v) is 5.85. The molecule has 10 heteroatoms. The lowest BCUT2D eigenvalue weighted by molar-refractivity contribution is 0.347. The number of halogens is 1. The average Bonchev–Trinajstić information content (AvgIpc) is 2.74. The molecule has 4 N–H and O–H groups in total. The minimum absolute atomic E-state index is 0.00573. The molecule has 160 valence electrons. The van der Waals surface area contributed by atoms with Crippen molar-refractivity contribution in [2.24, 2.45) is 0 Å². The molecule has 1 unspecified atom stereocenters. The molecular formula is C21H23ClN8O. The number of nitriles is 1.